The minimum Gasteiger partial charge on any atom is -0.345 e. The van der Waals surface area contributed by atoms with Crippen LogP contribution in [0, 0.1) is 10.8 Å². The number of carbonyl (C=O) groups is 4. The molecule has 0 fully saturated rings. The van der Waals surface area contributed by atoms with E-state index < -0.39 is 36.3 Å². The average Bonchev–Trinajstić information content (AvgIpc) is 2.42. The van der Waals surface area contributed by atoms with Gasteiger partial charge in [0, 0.05) is 0 Å². The van der Waals surface area contributed by atoms with Crippen LogP contribution in [-0.2, 0) is 19.2 Å². The van der Waals surface area contributed by atoms with E-state index in [0.717, 1.165) is 0 Å². The number of aldehydes is 1. The van der Waals surface area contributed by atoms with Crippen LogP contribution in [0.3, 0.4) is 0 Å². The standard InChI is InChI=1S/C12H20N4O5/c1-7(2)11(12(20)15-8(3)6-17)16-10(19)4-13-9(18)5-14-21/h6-8,11H,4-5H2,1-3H3,(H,13,18)(H,15,20)(H,16,19)/t8-,11-/m0/s1. The fraction of sp³-hybridized carbons (Fsp3) is 0.667. The molecule has 3 amide bonds. The minimum atomic E-state index is -0.832. The highest BCUT2D eigenvalue weighted by Gasteiger charge is 2.25. The number of nitroso groups, excluding NO2 is 1. The van der Waals surface area contributed by atoms with Crippen molar-refractivity contribution in [3.63, 3.8) is 0 Å². The number of rotatable bonds is 9. The maximum atomic E-state index is 11.9. The van der Waals surface area contributed by atoms with Crippen molar-refractivity contribution in [2.45, 2.75) is 32.9 Å². The van der Waals surface area contributed by atoms with Gasteiger partial charge in [0.2, 0.25) is 17.7 Å². The molecule has 0 spiro atoms. The van der Waals surface area contributed by atoms with Gasteiger partial charge >= 0.3 is 0 Å². The number of hydrogen-bond donors (Lipinski definition) is 3. The molecule has 0 aliphatic heterocycles. The largest absolute Gasteiger partial charge is 0.345 e. The zero-order valence-electron chi connectivity index (χ0n) is 12.2. The fourth-order valence-electron chi connectivity index (χ4n) is 1.40. The topological polar surface area (TPSA) is 134 Å². The van der Waals surface area contributed by atoms with E-state index in [0.29, 0.717) is 6.29 Å². The zero-order valence-corrected chi connectivity index (χ0v) is 12.2. The third-order valence-corrected chi connectivity index (χ3v) is 2.49. The molecule has 0 bridgehead atoms. The van der Waals surface area contributed by atoms with Gasteiger partial charge in [-0.15, -0.1) is 0 Å². The molecular weight excluding hydrogens is 280 g/mol. The summed E-state index contributed by atoms with van der Waals surface area (Å²) < 4.78 is 0. The molecule has 0 heterocycles. The van der Waals surface area contributed by atoms with Crippen molar-refractivity contribution < 1.29 is 19.2 Å². The first-order chi connectivity index (χ1) is 9.81. The van der Waals surface area contributed by atoms with E-state index in [-0.39, 0.29) is 12.5 Å². The highest BCUT2D eigenvalue weighted by atomic mass is 16.3. The first kappa shape index (κ1) is 18.7. The Bertz CT molecular complexity index is 410. The lowest BCUT2D eigenvalue weighted by molar-refractivity contribution is -0.131. The van der Waals surface area contributed by atoms with Gasteiger partial charge in [-0.3, -0.25) is 14.4 Å². The van der Waals surface area contributed by atoms with Crippen LogP contribution in [0.1, 0.15) is 20.8 Å². The number of hydrogen-bond acceptors (Lipinski definition) is 6. The van der Waals surface area contributed by atoms with E-state index in [2.05, 4.69) is 21.1 Å². The van der Waals surface area contributed by atoms with Gasteiger partial charge < -0.3 is 20.7 Å². The van der Waals surface area contributed by atoms with Gasteiger partial charge in [-0.1, -0.05) is 19.0 Å². The van der Waals surface area contributed by atoms with Gasteiger partial charge in [0.1, 0.15) is 12.3 Å². The van der Waals surface area contributed by atoms with Crippen LogP contribution in [0.4, 0.5) is 0 Å². The third kappa shape index (κ3) is 7.75. The van der Waals surface area contributed by atoms with Crippen molar-refractivity contribution in [3.05, 3.63) is 4.91 Å². The van der Waals surface area contributed by atoms with E-state index in [9.17, 15) is 24.1 Å². The van der Waals surface area contributed by atoms with Crippen LogP contribution in [-0.4, -0.2) is 49.2 Å². The Balaban J connectivity index is 4.46. The fourth-order valence-corrected chi connectivity index (χ4v) is 1.40. The molecule has 0 saturated carbocycles. The van der Waals surface area contributed by atoms with Gasteiger partial charge in [-0.25, -0.2) is 0 Å². The van der Waals surface area contributed by atoms with Crippen molar-refractivity contribution in [3.8, 4) is 0 Å². The van der Waals surface area contributed by atoms with Gasteiger partial charge in [0.15, 0.2) is 6.54 Å². The molecule has 9 heteroatoms. The quantitative estimate of drug-likeness (QED) is 0.360. The molecule has 0 unspecified atom stereocenters. The van der Waals surface area contributed by atoms with Crippen molar-refractivity contribution in [1.29, 1.82) is 0 Å². The Kier molecular flexibility index (Phi) is 8.51. The molecular formula is C12H20N4O5. The lowest BCUT2D eigenvalue weighted by Crippen LogP contribution is -2.53. The molecule has 0 radical (unpaired) electrons. The second-order valence-electron chi connectivity index (χ2n) is 4.79. The molecule has 2 atom stereocenters. The predicted molar refractivity (Wildman–Crippen MR) is 74.1 cm³/mol. The maximum absolute atomic E-state index is 11.9. The summed E-state index contributed by atoms with van der Waals surface area (Å²) >= 11 is 0. The highest BCUT2D eigenvalue weighted by molar-refractivity contribution is 5.91. The monoisotopic (exact) mass is 300 g/mol. The molecule has 3 N–H and O–H groups in total. The first-order valence-corrected chi connectivity index (χ1v) is 6.42. The summed E-state index contributed by atoms with van der Waals surface area (Å²) in [5, 5.41) is 9.46. The summed E-state index contributed by atoms with van der Waals surface area (Å²) in [5.74, 6) is -1.96. The van der Waals surface area contributed by atoms with Crippen LogP contribution in [0.15, 0.2) is 5.18 Å². The van der Waals surface area contributed by atoms with Crippen LogP contribution >= 0.6 is 0 Å². The third-order valence-electron chi connectivity index (χ3n) is 2.49. The molecule has 0 aromatic rings. The number of amides is 3. The average molecular weight is 300 g/mol. The predicted octanol–water partition coefficient (Wildman–Crippen LogP) is -1.29. The maximum Gasteiger partial charge on any atom is 0.245 e. The molecule has 9 nitrogen and oxygen atoms in total. The number of nitrogens with one attached hydrogen (secondary N) is 3. The van der Waals surface area contributed by atoms with Gasteiger partial charge in [-0.05, 0) is 12.8 Å². The molecule has 0 rings (SSSR count). The zero-order chi connectivity index (χ0) is 16.4. The molecule has 21 heavy (non-hydrogen) atoms. The van der Waals surface area contributed by atoms with Crippen molar-refractivity contribution in [2.24, 2.45) is 11.1 Å². The second-order valence-corrected chi connectivity index (χ2v) is 4.79. The van der Waals surface area contributed by atoms with E-state index >= 15 is 0 Å². The molecule has 0 aliphatic carbocycles. The van der Waals surface area contributed by atoms with Crippen LogP contribution < -0.4 is 16.0 Å². The van der Waals surface area contributed by atoms with E-state index in [1.807, 2.05) is 0 Å². The molecule has 0 saturated heterocycles. The van der Waals surface area contributed by atoms with Crippen LogP contribution in [0.5, 0.6) is 0 Å². The van der Waals surface area contributed by atoms with Crippen LogP contribution in [0.25, 0.3) is 0 Å². The van der Waals surface area contributed by atoms with E-state index in [1.54, 1.807) is 13.8 Å². The highest BCUT2D eigenvalue weighted by Crippen LogP contribution is 2.02. The Morgan fingerprint density at radius 1 is 1.10 bits per heavy atom. The molecule has 0 aromatic heterocycles. The summed E-state index contributed by atoms with van der Waals surface area (Å²) in [6, 6.07) is -1.49. The number of carbonyl (C=O) groups excluding carboxylic acids is 4. The van der Waals surface area contributed by atoms with Gasteiger partial charge in [0.25, 0.3) is 0 Å². The van der Waals surface area contributed by atoms with Crippen molar-refractivity contribution >= 4 is 24.0 Å². The summed E-state index contributed by atoms with van der Waals surface area (Å²) in [5.41, 5.74) is 0. The Labute approximate surface area is 122 Å². The van der Waals surface area contributed by atoms with Gasteiger partial charge in [0.05, 0.1) is 12.6 Å². The summed E-state index contributed by atoms with van der Waals surface area (Å²) in [6.45, 7) is 4.03. The summed E-state index contributed by atoms with van der Waals surface area (Å²) in [7, 11) is 0. The lowest BCUT2D eigenvalue weighted by Gasteiger charge is -2.22. The normalized spacial score (nSPS) is 13.0. The van der Waals surface area contributed by atoms with E-state index in [1.165, 1.54) is 6.92 Å². The Morgan fingerprint density at radius 2 is 1.71 bits per heavy atom. The van der Waals surface area contributed by atoms with Crippen LogP contribution in [0.2, 0.25) is 0 Å². The molecule has 0 aromatic carbocycles. The smallest absolute Gasteiger partial charge is 0.245 e. The second kappa shape index (κ2) is 9.56. The minimum absolute atomic E-state index is 0.208. The van der Waals surface area contributed by atoms with Crippen molar-refractivity contribution in [1.82, 2.24) is 16.0 Å². The lowest BCUT2D eigenvalue weighted by atomic mass is 10.0. The SMILES string of the molecule is CC(C)[C@H](NC(=O)CNC(=O)CN=O)C(=O)N[C@@H](C)C=O. The summed E-state index contributed by atoms with van der Waals surface area (Å²) in [4.78, 5) is 54.9. The van der Waals surface area contributed by atoms with Crippen molar-refractivity contribution in [2.75, 3.05) is 13.1 Å². The number of nitrogens with zero attached hydrogens (tertiary/aromatic N) is 1. The molecule has 118 valence electrons. The summed E-state index contributed by atoms with van der Waals surface area (Å²) in [6.07, 6.45) is 0.573. The first-order valence-electron chi connectivity index (χ1n) is 6.42. The molecule has 0 aliphatic rings. The van der Waals surface area contributed by atoms with Gasteiger partial charge in [-0.2, -0.15) is 4.91 Å². The van der Waals surface area contributed by atoms with E-state index in [4.69, 9.17) is 0 Å². The Hall–Kier alpha value is -2.32. The Morgan fingerprint density at radius 3 is 2.19 bits per heavy atom.